The molecule has 1 saturated heterocycles. The molecule has 0 aromatic rings. The van der Waals surface area contributed by atoms with Gasteiger partial charge >= 0.3 is 5.97 Å². The minimum Gasteiger partial charge on any atom is -0.480 e. The van der Waals surface area contributed by atoms with E-state index >= 15 is 0 Å². The zero-order chi connectivity index (χ0) is 20.7. The number of aliphatic hydroxyl groups excluding tert-OH is 1. The number of carboxylic acids is 1. The largest absolute Gasteiger partial charge is 0.480 e. The van der Waals surface area contributed by atoms with Crippen molar-refractivity contribution in [3.8, 4) is 0 Å². The molecule has 10 heteroatoms. The highest BCUT2D eigenvalue weighted by Crippen LogP contribution is 2.18. The average molecular weight is 386 g/mol. The molecule has 1 fully saturated rings. The van der Waals surface area contributed by atoms with E-state index in [4.69, 9.17) is 10.8 Å². The van der Waals surface area contributed by atoms with Crippen molar-refractivity contribution < 1.29 is 29.4 Å². The quantitative estimate of drug-likeness (QED) is 0.319. The fraction of sp³-hybridized carbons (Fsp3) is 0.765. The first-order valence-corrected chi connectivity index (χ1v) is 9.14. The first-order chi connectivity index (χ1) is 12.6. The van der Waals surface area contributed by atoms with E-state index in [0.29, 0.717) is 25.8 Å². The van der Waals surface area contributed by atoms with Crippen molar-refractivity contribution >= 4 is 23.7 Å². The number of carbonyl (C=O) groups is 4. The summed E-state index contributed by atoms with van der Waals surface area (Å²) in [4.78, 5) is 49.6. The lowest BCUT2D eigenvalue weighted by molar-refractivity contribution is -0.149. The molecule has 27 heavy (non-hydrogen) atoms. The average Bonchev–Trinajstić information content (AvgIpc) is 3.13. The van der Waals surface area contributed by atoms with Crippen molar-refractivity contribution in [3.05, 3.63) is 0 Å². The lowest BCUT2D eigenvalue weighted by Gasteiger charge is -2.28. The molecule has 154 valence electrons. The summed E-state index contributed by atoms with van der Waals surface area (Å²) in [5.74, 6) is -3.01. The lowest BCUT2D eigenvalue weighted by Crippen LogP contribution is -2.58. The minimum absolute atomic E-state index is 0.235. The van der Waals surface area contributed by atoms with E-state index in [2.05, 4.69) is 10.6 Å². The number of aliphatic hydroxyl groups is 1. The maximum atomic E-state index is 12.6. The Labute approximate surface area is 158 Å². The summed E-state index contributed by atoms with van der Waals surface area (Å²) in [6.45, 7) is 4.86. The molecule has 0 radical (unpaired) electrons. The SMILES string of the molecule is CCC(C)C(NC(=O)C(N)CO)C(=O)NC(C)C(=O)N1CCCC1C(=O)O. The number of carbonyl (C=O) groups excluding carboxylic acids is 3. The Morgan fingerprint density at radius 1 is 1.19 bits per heavy atom. The fourth-order valence-corrected chi connectivity index (χ4v) is 2.95. The van der Waals surface area contributed by atoms with Crippen LogP contribution < -0.4 is 16.4 Å². The molecule has 0 bridgehead atoms. The zero-order valence-corrected chi connectivity index (χ0v) is 16.0. The Kier molecular flexibility index (Phi) is 8.64. The Morgan fingerprint density at radius 2 is 1.81 bits per heavy atom. The summed E-state index contributed by atoms with van der Waals surface area (Å²) >= 11 is 0. The van der Waals surface area contributed by atoms with E-state index in [1.807, 2.05) is 6.92 Å². The summed E-state index contributed by atoms with van der Waals surface area (Å²) in [5.41, 5.74) is 5.47. The van der Waals surface area contributed by atoms with Crippen LogP contribution in [-0.2, 0) is 19.2 Å². The van der Waals surface area contributed by atoms with Crippen LogP contribution >= 0.6 is 0 Å². The van der Waals surface area contributed by atoms with Gasteiger partial charge < -0.3 is 31.5 Å². The third-order valence-corrected chi connectivity index (χ3v) is 4.88. The molecule has 3 amide bonds. The Bertz CT molecular complexity index is 570. The maximum absolute atomic E-state index is 12.6. The molecule has 1 heterocycles. The molecule has 6 N–H and O–H groups in total. The third-order valence-electron chi connectivity index (χ3n) is 4.88. The summed E-state index contributed by atoms with van der Waals surface area (Å²) in [6, 6.07) is -3.90. The number of nitrogens with one attached hydrogen (secondary N) is 2. The van der Waals surface area contributed by atoms with Crippen LogP contribution in [0.4, 0.5) is 0 Å². The Morgan fingerprint density at radius 3 is 2.33 bits per heavy atom. The van der Waals surface area contributed by atoms with E-state index in [0.717, 1.165) is 0 Å². The van der Waals surface area contributed by atoms with Crippen LogP contribution in [0.15, 0.2) is 0 Å². The highest BCUT2D eigenvalue weighted by atomic mass is 16.4. The number of nitrogens with zero attached hydrogens (tertiary/aromatic N) is 1. The van der Waals surface area contributed by atoms with Gasteiger partial charge in [0, 0.05) is 6.54 Å². The molecule has 1 aliphatic heterocycles. The Hall–Kier alpha value is -2.20. The monoisotopic (exact) mass is 386 g/mol. The molecule has 5 atom stereocenters. The van der Waals surface area contributed by atoms with Gasteiger partial charge in [0.05, 0.1) is 6.61 Å². The number of amides is 3. The standard InChI is InChI=1S/C17H30N4O6/c1-4-9(2)13(20-14(23)11(18)8-22)15(24)19-10(3)16(25)21-7-5-6-12(21)17(26)27/h9-13,22H,4-8,18H2,1-3H3,(H,19,24)(H,20,23)(H,26,27). The number of nitrogens with two attached hydrogens (primary N) is 1. The van der Waals surface area contributed by atoms with Gasteiger partial charge in [0.1, 0.15) is 24.2 Å². The van der Waals surface area contributed by atoms with E-state index in [-0.39, 0.29) is 5.92 Å². The van der Waals surface area contributed by atoms with Crippen molar-refractivity contribution in [2.45, 2.75) is 64.2 Å². The molecule has 0 aromatic heterocycles. The van der Waals surface area contributed by atoms with Crippen LogP contribution in [0.25, 0.3) is 0 Å². The van der Waals surface area contributed by atoms with E-state index in [1.54, 1.807) is 6.92 Å². The molecular weight excluding hydrogens is 356 g/mol. The van der Waals surface area contributed by atoms with Gasteiger partial charge in [-0.3, -0.25) is 14.4 Å². The van der Waals surface area contributed by atoms with Crippen molar-refractivity contribution in [2.75, 3.05) is 13.2 Å². The van der Waals surface area contributed by atoms with E-state index < -0.39 is 54.5 Å². The van der Waals surface area contributed by atoms with Crippen molar-refractivity contribution in [3.63, 3.8) is 0 Å². The maximum Gasteiger partial charge on any atom is 0.326 e. The highest BCUT2D eigenvalue weighted by Gasteiger charge is 2.37. The van der Waals surface area contributed by atoms with Crippen molar-refractivity contribution in [2.24, 2.45) is 11.7 Å². The third kappa shape index (κ3) is 5.90. The number of hydrogen-bond donors (Lipinski definition) is 5. The van der Waals surface area contributed by atoms with Gasteiger partial charge in [-0.1, -0.05) is 20.3 Å². The molecule has 0 aliphatic carbocycles. The number of likely N-dealkylation sites (tertiary alicyclic amines) is 1. The molecule has 1 aliphatic rings. The van der Waals surface area contributed by atoms with Crippen LogP contribution in [0.5, 0.6) is 0 Å². The van der Waals surface area contributed by atoms with E-state index in [1.165, 1.54) is 11.8 Å². The number of aliphatic carboxylic acids is 1. The Balaban J connectivity index is 2.80. The predicted molar refractivity (Wildman–Crippen MR) is 96.4 cm³/mol. The van der Waals surface area contributed by atoms with Crippen molar-refractivity contribution in [1.82, 2.24) is 15.5 Å². The first kappa shape index (κ1) is 22.8. The second-order valence-corrected chi connectivity index (χ2v) is 6.92. The van der Waals surface area contributed by atoms with Crippen LogP contribution in [0.2, 0.25) is 0 Å². The molecule has 5 unspecified atom stereocenters. The van der Waals surface area contributed by atoms with Crippen molar-refractivity contribution in [1.29, 1.82) is 0 Å². The molecule has 10 nitrogen and oxygen atoms in total. The fourth-order valence-electron chi connectivity index (χ4n) is 2.95. The van der Waals surface area contributed by atoms with Crippen LogP contribution in [0.3, 0.4) is 0 Å². The van der Waals surface area contributed by atoms with Gasteiger partial charge in [-0.15, -0.1) is 0 Å². The van der Waals surface area contributed by atoms with Crippen LogP contribution in [0, 0.1) is 5.92 Å². The second kappa shape index (κ2) is 10.2. The lowest BCUT2D eigenvalue weighted by atomic mass is 9.97. The first-order valence-electron chi connectivity index (χ1n) is 9.14. The summed E-state index contributed by atoms with van der Waals surface area (Å²) in [5, 5.41) is 23.2. The molecule has 0 spiro atoms. The van der Waals surface area contributed by atoms with Gasteiger partial charge in [0.25, 0.3) is 0 Å². The van der Waals surface area contributed by atoms with Gasteiger partial charge in [0.2, 0.25) is 17.7 Å². The molecule has 0 aromatic carbocycles. The molecular formula is C17H30N4O6. The van der Waals surface area contributed by atoms with Gasteiger partial charge in [-0.05, 0) is 25.7 Å². The zero-order valence-electron chi connectivity index (χ0n) is 16.0. The predicted octanol–water partition coefficient (Wildman–Crippen LogP) is -1.58. The van der Waals surface area contributed by atoms with Crippen LogP contribution in [0.1, 0.15) is 40.0 Å². The summed E-state index contributed by atoms with van der Waals surface area (Å²) < 4.78 is 0. The van der Waals surface area contributed by atoms with Gasteiger partial charge in [0.15, 0.2) is 0 Å². The van der Waals surface area contributed by atoms with Gasteiger partial charge in [-0.2, -0.15) is 0 Å². The molecule has 0 saturated carbocycles. The van der Waals surface area contributed by atoms with E-state index in [9.17, 15) is 24.3 Å². The molecule has 1 rings (SSSR count). The smallest absolute Gasteiger partial charge is 0.326 e. The van der Waals surface area contributed by atoms with Crippen LogP contribution in [-0.4, -0.2) is 76.1 Å². The normalized spacial score (nSPS) is 21.1. The van der Waals surface area contributed by atoms with Gasteiger partial charge in [-0.25, -0.2) is 4.79 Å². The minimum atomic E-state index is -1.15. The second-order valence-electron chi connectivity index (χ2n) is 6.92. The summed E-state index contributed by atoms with van der Waals surface area (Å²) in [7, 11) is 0. The summed E-state index contributed by atoms with van der Waals surface area (Å²) in [6.07, 6.45) is 1.56. The number of rotatable bonds is 9. The highest BCUT2D eigenvalue weighted by molar-refractivity contribution is 5.94. The topological polar surface area (TPSA) is 162 Å². The number of hydrogen-bond acceptors (Lipinski definition) is 6. The number of carboxylic acid groups (broad SMARTS) is 1.